The Balaban J connectivity index is 2.42. The first-order valence-corrected chi connectivity index (χ1v) is 5.57. The fourth-order valence-electron chi connectivity index (χ4n) is 1.44. The van der Waals surface area contributed by atoms with Crippen LogP contribution in [0, 0.1) is 13.8 Å². The summed E-state index contributed by atoms with van der Waals surface area (Å²) in [5, 5.41) is 11.4. The standard InChI is InChI=1S/C13H19NO2/c1-10-5-6-12(8-11(10)2)9-14-13(16)4-3-7-15/h5-6,8,15H,3-4,7,9H2,1-2H3,(H,14,16). The molecule has 16 heavy (non-hydrogen) atoms. The van der Waals surface area contributed by atoms with E-state index in [0.29, 0.717) is 19.4 Å². The maximum absolute atomic E-state index is 11.3. The Bertz CT molecular complexity index is 361. The summed E-state index contributed by atoms with van der Waals surface area (Å²) in [5.41, 5.74) is 3.61. The van der Waals surface area contributed by atoms with Gasteiger partial charge in [-0.3, -0.25) is 4.79 Å². The molecule has 0 aliphatic heterocycles. The highest BCUT2D eigenvalue weighted by Crippen LogP contribution is 2.09. The number of nitrogens with one attached hydrogen (secondary N) is 1. The lowest BCUT2D eigenvalue weighted by Crippen LogP contribution is -2.22. The number of carbonyl (C=O) groups excluding carboxylic acids is 1. The topological polar surface area (TPSA) is 49.3 Å². The van der Waals surface area contributed by atoms with Crippen LogP contribution in [0.1, 0.15) is 29.5 Å². The smallest absolute Gasteiger partial charge is 0.220 e. The number of benzene rings is 1. The second kappa shape index (κ2) is 6.28. The van der Waals surface area contributed by atoms with Gasteiger partial charge in [-0.2, -0.15) is 0 Å². The zero-order valence-corrected chi connectivity index (χ0v) is 9.92. The molecule has 1 aromatic rings. The van der Waals surface area contributed by atoms with Gasteiger partial charge >= 0.3 is 0 Å². The fraction of sp³-hybridized carbons (Fsp3) is 0.462. The van der Waals surface area contributed by atoms with Gasteiger partial charge < -0.3 is 10.4 Å². The van der Waals surface area contributed by atoms with Gasteiger partial charge in [0.15, 0.2) is 0 Å². The van der Waals surface area contributed by atoms with Crippen molar-refractivity contribution in [3.05, 3.63) is 34.9 Å². The van der Waals surface area contributed by atoms with Crippen LogP contribution in [-0.4, -0.2) is 17.6 Å². The van der Waals surface area contributed by atoms with Gasteiger partial charge in [0, 0.05) is 19.6 Å². The summed E-state index contributed by atoms with van der Waals surface area (Å²) in [5.74, 6) is -0.00715. The third-order valence-corrected chi connectivity index (χ3v) is 2.62. The minimum absolute atomic E-state index is 0.00715. The van der Waals surface area contributed by atoms with Crippen molar-refractivity contribution in [3.8, 4) is 0 Å². The van der Waals surface area contributed by atoms with Crippen LogP contribution in [0.5, 0.6) is 0 Å². The first-order valence-electron chi connectivity index (χ1n) is 5.57. The molecule has 3 nitrogen and oxygen atoms in total. The molecule has 1 aromatic carbocycles. The SMILES string of the molecule is Cc1ccc(CNC(=O)CCCO)cc1C. The molecule has 0 bridgehead atoms. The predicted molar refractivity (Wildman–Crippen MR) is 64.1 cm³/mol. The van der Waals surface area contributed by atoms with Crippen molar-refractivity contribution >= 4 is 5.91 Å². The van der Waals surface area contributed by atoms with Crippen LogP contribution < -0.4 is 5.32 Å². The number of aryl methyl sites for hydroxylation is 2. The Morgan fingerprint density at radius 3 is 2.69 bits per heavy atom. The van der Waals surface area contributed by atoms with Crippen LogP contribution in [0.2, 0.25) is 0 Å². The van der Waals surface area contributed by atoms with E-state index in [1.165, 1.54) is 11.1 Å². The zero-order valence-electron chi connectivity index (χ0n) is 9.92. The molecule has 0 saturated carbocycles. The molecule has 0 heterocycles. The monoisotopic (exact) mass is 221 g/mol. The lowest BCUT2D eigenvalue weighted by Gasteiger charge is -2.07. The van der Waals surface area contributed by atoms with Crippen LogP contribution >= 0.6 is 0 Å². The fourth-order valence-corrected chi connectivity index (χ4v) is 1.44. The highest BCUT2D eigenvalue weighted by Gasteiger charge is 2.01. The molecule has 88 valence electrons. The maximum atomic E-state index is 11.3. The van der Waals surface area contributed by atoms with Gasteiger partial charge in [0.1, 0.15) is 0 Å². The second-order valence-electron chi connectivity index (χ2n) is 4.02. The van der Waals surface area contributed by atoms with Gasteiger partial charge in [0.25, 0.3) is 0 Å². The van der Waals surface area contributed by atoms with E-state index in [4.69, 9.17) is 5.11 Å². The van der Waals surface area contributed by atoms with Gasteiger partial charge in [0.2, 0.25) is 5.91 Å². The quantitative estimate of drug-likeness (QED) is 0.795. The van der Waals surface area contributed by atoms with E-state index in [2.05, 4.69) is 31.3 Å². The van der Waals surface area contributed by atoms with E-state index in [1.807, 2.05) is 6.07 Å². The van der Waals surface area contributed by atoms with E-state index >= 15 is 0 Å². The first-order chi connectivity index (χ1) is 7.63. The summed E-state index contributed by atoms with van der Waals surface area (Å²) in [6.45, 7) is 4.76. The summed E-state index contributed by atoms with van der Waals surface area (Å²) >= 11 is 0. The molecule has 3 heteroatoms. The van der Waals surface area contributed by atoms with Crippen LogP contribution in [-0.2, 0) is 11.3 Å². The van der Waals surface area contributed by atoms with Crippen molar-refractivity contribution in [2.75, 3.05) is 6.61 Å². The number of aliphatic hydroxyl groups is 1. The van der Waals surface area contributed by atoms with E-state index in [0.717, 1.165) is 5.56 Å². The van der Waals surface area contributed by atoms with E-state index < -0.39 is 0 Å². The van der Waals surface area contributed by atoms with Gasteiger partial charge in [-0.05, 0) is 37.0 Å². The van der Waals surface area contributed by atoms with Gasteiger partial charge in [-0.15, -0.1) is 0 Å². The highest BCUT2D eigenvalue weighted by molar-refractivity contribution is 5.75. The molecule has 0 fully saturated rings. The largest absolute Gasteiger partial charge is 0.396 e. The molecule has 1 amide bonds. The average molecular weight is 221 g/mol. The van der Waals surface area contributed by atoms with Crippen LogP contribution in [0.3, 0.4) is 0 Å². The van der Waals surface area contributed by atoms with Crippen molar-refractivity contribution in [2.45, 2.75) is 33.2 Å². The third kappa shape index (κ3) is 4.03. The number of hydrogen-bond donors (Lipinski definition) is 2. The second-order valence-corrected chi connectivity index (χ2v) is 4.02. The average Bonchev–Trinajstić information content (AvgIpc) is 2.28. The Hall–Kier alpha value is -1.35. The Labute approximate surface area is 96.5 Å². The lowest BCUT2D eigenvalue weighted by atomic mass is 10.1. The summed E-state index contributed by atoms with van der Waals surface area (Å²) in [4.78, 5) is 11.3. The minimum Gasteiger partial charge on any atom is -0.396 e. The number of rotatable bonds is 5. The number of aliphatic hydroxyl groups excluding tert-OH is 1. The van der Waals surface area contributed by atoms with Crippen molar-refractivity contribution in [1.82, 2.24) is 5.32 Å². The van der Waals surface area contributed by atoms with E-state index in [1.54, 1.807) is 0 Å². The summed E-state index contributed by atoms with van der Waals surface area (Å²) in [6.07, 6.45) is 0.917. The van der Waals surface area contributed by atoms with E-state index in [-0.39, 0.29) is 12.5 Å². The predicted octanol–water partition coefficient (Wildman–Crippen LogP) is 1.69. The van der Waals surface area contributed by atoms with Crippen molar-refractivity contribution in [2.24, 2.45) is 0 Å². The van der Waals surface area contributed by atoms with Crippen molar-refractivity contribution in [3.63, 3.8) is 0 Å². The lowest BCUT2D eigenvalue weighted by molar-refractivity contribution is -0.121. The highest BCUT2D eigenvalue weighted by atomic mass is 16.3. The molecule has 0 atom stereocenters. The zero-order chi connectivity index (χ0) is 12.0. The van der Waals surface area contributed by atoms with Gasteiger partial charge in [-0.1, -0.05) is 18.2 Å². The molecule has 0 spiro atoms. The van der Waals surface area contributed by atoms with Crippen LogP contribution in [0.15, 0.2) is 18.2 Å². The summed E-state index contributed by atoms with van der Waals surface area (Å²) in [7, 11) is 0. The minimum atomic E-state index is -0.00715. The maximum Gasteiger partial charge on any atom is 0.220 e. The van der Waals surface area contributed by atoms with Crippen LogP contribution in [0.25, 0.3) is 0 Å². The van der Waals surface area contributed by atoms with Crippen molar-refractivity contribution in [1.29, 1.82) is 0 Å². The summed E-state index contributed by atoms with van der Waals surface area (Å²) < 4.78 is 0. The van der Waals surface area contributed by atoms with Gasteiger partial charge in [-0.25, -0.2) is 0 Å². The summed E-state index contributed by atoms with van der Waals surface area (Å²) in [6, 6.07) is 6.17. The Morgan fingerprint density at radius 1 is 1.31 bits per heavy atom. The number of carbonyl (C=O) groups is 1. The normalized spacial score (nSPS) is 10.2. The molecule has 0 aromatic heterocycles. The van der Waals surface area contributed by atoms with Crippen LogP contribution in [0.4, 0.5) is 0 Å². The molecule has 0 saturated heterocycles. The first kappa shape index (κ1) is 12.7. The molecule has 0 unspecified atom stereocenters. The third-order valence-electron chi connectivity index (χ3n) is 2.62. The molecular weight excluding hydrogens is 202 g/mol. The number of amides is 1. The molecule has 0 aliphatic carbocycles. The molecule has 1 rings (SSSR count). The Morgan fingerprint density at radius 2 is 2.06 bits per heavy atom. The molecule has 0 aliphatic rings. The van der Waals surface area contributed by atoms with Crippen molar-refractivity contribution < 1.29 is 9.90 Å². The molecule has 0 radical (unpaired) electrons. The van der Waals surface area contributed by atoms with E-state index in [9.17, 15) is 4.79 Å². The Kier molecular flexibility index (Phi) is 4.99. The number of hydrogen-bond acceptors (Lipinski definition) is 2. The van der Waals surface area contributed by atoms with Gasteiger partial charge in [0.05, 0.1) is 0 Å². The molecule has 2 N–H and O–H groups in total. The molecular formula is C13H19NO2.